The fourth-order valence-corrected chi connectivity index (χ4v) is 2.14. The Bertz CT molecular complexity index is 293. The zero-order valence-corrected chi connectivity index (χ0v) is 9.10. The Labute approximate surface area is 90.9 Å². The van der Waals surface area contributed by atoms with Crippen molar-refractivity contribution < 1.29 is 9.84 Å². The molecule has 2 rings (SSSR count). The molecule has 2 atom stereocenters. The van der Waals surface area contributed by atoms with Crippen LogP contribution in [0.5, 0.6) is 0 Å². The van der Waals surface area contributed by atoms with Gasteiger partial charge in [0.15, 0.2) is 0 Å². The molecule has 2 nitrogen and oxygen atoms in total. The smallest absolute Gasteiger partial charge is 0.108 e. The van der Waals surface area contributed by atoms with E-state index in [1.165, 1.54) is 6.42 Å². The van der Waals surface area contributed by atoms with Gasteiger partial charge < -0.3 is 9.84 Å². The number of ether oxygens (including phenoxy) is 1. The molecule has 1 aliphatic rings. The highest BCUT2D eigenvalue weighted by molar-refractivity contribution is 5.19. The van der Waals surface area contributed by atoms with Gasteiger partial charge in [-0.05, 0) is 24.3 Å². The Morgan fingerprint density at radius 1 is 1.27 bits per heavy atom. The quantitative estimate of drug-likeness (QED) is 0.820. The molecule has 15 heavy (non-hydrogen) atoms. The lowest BCUT2D eigenvalue weighted by Crippen LogP contribution is -2.33. The molecule has 82 valence electrons. The predicted octanol–water partition coefficient (Wildman–Crippen LogP) is 2.54. The summed E-state index contributed by atoms with van der Waals surface area (Å²) in [4.78, 5) is 0. The molecular formula is C13H18O2. The molecule has 0 bridgehead atoms. The van der Waals surface area contributed by atoms with Crippen molar-refractivity contribution in [3.63, 3.8) is 0 Å². The molecule has 1 fully saturated rings. The maximum atomic E-state index is 10.2. The lowest BCUT2D eigenvalue weighted by molar-refractivity contribution is -0.0616. The summed E-state index contributed by atoms with van der Waals surface area (Å²) in [6.07, 6.45) is 2.98. The highest BCUT2D eigenvalue weighted by Crippen LogP contribution is 2.36. The molecule has 0 amide bonds. The fraction of sp³-hybridized carbons (Fsp3) is 0.538. The van der Waals surface area contributed by atoms with E-state index in [0.29, 0.717) is 5.92 Å². The average molecular weight is 206 g/mol. The van der Waals surface area contributed by atoms with Gasteiger partial charge in [0, 0.05) is 7.11 Å². The van der Waals surface area contributed by atoms with Crippen LogP contribution in [0.4, 0.5) is 0 Å². The van der Waals surface area contributed by atoms with E-state index in [0.717, 1.165) is 18.4 Å². The third-order valence-corrected chi connectivity index (χ3v) is 3.33. The topological polar surface area (TPSA) is 29.5 Å². The molecule has 0 radical (unpaired) electrons. The third kappa shape index (κ3) is 2.21. The van der Waals surface area contributed by atoms with Gasteiger partial charge in [-0.25, -0.2) is 0 Å². The lowest BCUT2D eigenvalue weighted by atomic mass is 9.78. The van der Waals surface area contributed by atoms with E-state index in [-0.39, 0.29) is 12.2 Å². The first-order valence-corrected chi connectivity index (χ1v) is 5.58. The van der Waals surface area contributed by atoms with Crippen LogP contribution < -0.4 is 0 Å². The number of rotatable bonds is 4. The van der Waals surface area contributed by atoms with Crippen molar-refractivity contribution in [2.24, 2.45) is 5.92 Å². The van der Waals surface area contributed by atoms with E-state index in [4.69, 9.17) is 4.74 Å². The summed E-state index contributed by atoms with van der Waals surface area (Å²) in [7, 11) is 1.67. The standard InChI is InChI=1S/C13H18O2/c1-15-13(11-6-3-2-4-7-11)12(14)10-8-5-9-10/h2-4,6-7,10,12-14H,5,8-9H2,1H3. The molecule has 0 saturated heterocycles. The van der Waals surface area contributed by atoms with Gasteiger partial charge >= 0.3 is 0 Å². The molecule has 1 saturated carbocycles. The number of methoxy groups -OCH3 is 1. The second kappa shape index (κ2) is 4.77. The summed E-state index contributed by atoms with van der Waals surface area (Å²) < 4.78 is 5.40. The van der Waals surface area contributed by atoms with E-state index in [2.05, 4.69) is 0 Å². The van der Waals surface area contributed by atoms with Crippen molar-refractivity contribution in [2.75, 3.05) is 7.11 Å². The van der Waals surface area contributed by atoms with Crippen molar-refractivity contribution in [1.29, 1.82) is 0 Å². The molecule has 1 N–H and O–H groups in total. The zero-order chi connectivity index (χ0) is 10.7. The highest BCUT2D eigenvalue weighted by atomic mass is 16.5. The van der Waals surface area contributed by atoms with Crippen LogP contribution in [-0.4, -0.2) is 18.3 Å². The fourth-order valence-electron chi connectivity index (χ4n) is 2.14. The largest absolute Gasteiger partial charge is 0.390 e. The molecule has 0 aromatic heterocycles. The van der Waals surface area contributed by atoms with Crippen molar-refractivity contribution in [3.8, 4) is 0 Å². The first kappa shape index (κ1) is 10.7. The Morgan fingerprint density at radius 2 is 1.93 bits per heavy atom. The van der Waals surface area contributed by atoms with Crippen LogP contribution in [-0.2, 0) is 4.74 Å². The Kier molecular flexibility index (Phi) is 3.39. The Hall–Kier alpha value is -0.860. The van der Waals surface area contributed by atoms with Gasteiger partial charge in [0.05, 0.1) is 6.10 Å². The molecule has 1 aromatic carbocycles. The number of benzene rings is 1. The summed E-state index contributed by atoms with van der Waals surface area (Å²) in [5.74, 6) is 0.426. The van der Waals surface area contributed by atoms with Gasteiger partial charge in [0.1, 0.15) is 6.10 Å². The SMILES string of the molecule is COC(c1ccccc1)C(O)C1CCC1. The van der Waals surface area contributed by atoms with Gasteiger partial charge in [0.25, 0.3) is 0 Å². The molecule has 2 heteroatoms. The predicted molar refractivity (Wildman–Crippen MR) is 59.5 cm³/mol. The van der Waals surface area contributed by atoms with Crippen molar-refractivity contribution >= 4 is 0 Å². The summed E-state index contributed by atoms with van der Waals surface area (Å²) in [6, 6.07) is 9.96. The zero-order valence-electron chi connectivity index (χ0n) is 9.10. The normalized spacial score (nSPS) is 20.7. The molecule has 0 heterocycles. The monoisotopic (exact) mass is 206 g/mol. The second-order valence-corrected chi connectivity index (χ2v) is 4.25. The van der Waals surface area contributed by atoms with E-state index in [1.807, 2.05) is 30.3 Å². The minimum atomic E-state index is -0.355. The molecule has 2 unspecified atom stereocenters. The van der Waals surface area contributed by atoms with Crippen LogP contribution in [0, 0.1) is 5.92 Å². The van der Waals surface area contributed by atoms with Gasteiger partial charge in [-0.15, -0.1) is 0 Å². The van der Waals surface area contributed by atoms with Crippen molar-refractivity contribution in [2.45, 2.75) is 31.5 Å². The van der Waals surface area contributed by atoms with Gasteiger partial charge in [-0.2, -0.15) is 0 Å². The van der Waals surface area contributed by atoms with Crippen molar-refractivity contribution in [3.05, 3.63) is 35.9 Å². The van der Waals surface area contributed by atoms with E-state index < -0.39 is 0 Å². The third-order valence-electron chi connectivity index (χ3n) is 3.33. The van der Waals surface area contributed by atoms with Crippen LogP contribution in [0.2, 0.25) is 0 Å². The summed E-state index contributed by atoms with van der Waals surface area (Å²) in [5, 5.41) is 10.2. The number of hydrogen-bond acceptors (Lipinski definition) is 2. The van der Waals surface area contributed by atoms with Crippen LogP contribution in [0.1, 0.15) is 30.9 Å². The number of aliphatic hydroxyl groups excluding tert-OH is 1. The van der Waals surface area contributed by atoms with Gasteiger partial charge in [-0.3, -0.25) is 0 Å². The first-order chi connectivity index (χ1) is 7.33. The second-order valence-electron chi connectivity index (χ2n) is 4.25. The van der Waals surface area contributed by atoms with Crippen LogP contribution in [0.15, 0.2) is 30.3 Å². The maximum Gasteiger partial charge on any atom is 0.108 e. The molecule has 1 aliphatic carbocycles. The van der Waals surface area contributed by atoms with Crippen LogP contribution >= 0.6 is 0 Å². The minimum Gasteiger partial charge on any atom is -0.390 e. The van der Waals surface area contributed by atoms with Crippen LogP contribution in [0.25, 0.3) is 0 Å². The van der Waals surface area contributed by atoms with Gasteiger partial charge in [0.2, 0.25) is 0 Å². The van der Waals surface area contributed by atoms with E-state index in [9.17, 15) is 5.11 Å². The minimum absolute atomic E-state index is 0.170. The maximum absolute atomic E-state index is 10.2. The summed E-state index contributed by atoms with van der Waals surface area (Å²) in [6.45, 7) is 0. The molecule has 1 aromatic rings. The first-order valence-electron chi connectivity index (χ1n) is 5.58. The number of hydrogen-bond donors (Lipinski definition) is 1. The van der Waals surface area contributed by atoms with E-state index in [1.54, 1.807) is 7.11 Å². The summed E-state index contributed by atoms with van der Waals surface area (Å²) in [5.41, 5.74) is 1.07. The van der Waals surface area contributed by atoms with Crippen LogP contribution in [0.3, 0.4) is 0 Å². The molecular weight excluding hydrogens is 188 g/mol. The Balaban J connectivity index is 2.09. The number of aliphatic hydroxyl groups is 1. The van der Waals surface area contributed by atoms with Crippen molar-refractivity contribution in [1.82, 2.24) is 0 Å². The average Bonchev–Trinajstić information content (AvgIpc) is 2.18. The molecule has 0 aliphatic heterocycles. The van der Waals surface area contributed by atoms with E-state index >= 15 is 0 Å². The lowest BCUT2D eigenvalue weighted by Gasteiger charge is -2.34. The highest BCUT2D eigenvalue weighted by Gasteiger charge is 2.32. The Morgan fingerprint density at radius 3 is 2.40 bits per heavy atom. The molecule has 0 spiro atoms. The summed E-state index contributed by atoms with van der Waals surface area (Å²) >= 11 is 0. The van der Waals surface area contributed by atoms with Gasteiger partial charge in [-0.1, -0.05) is 36.8 Å².